The largest absolute Gasteiger partial charge is 0.325 e. The molecule has 0 aliphatic heterocycles. The molecule has 3 heteroatoms. The Morgan fingerprint density at radius 2 is 2.33 bits per heavy atom. The van der Waals surface area contributed by atoms with Crippen LogP contribution in [0.2, 0.25) is 0 Å². The Hall–Kier alpha value is -1.35. The Labute approximate surface area is 70.8 Å². The lowest BCUT2D eigenvalue weighted by Gasteiger charge is -1.93. The van der Waals surface area contributed by atoms with Crippen LogP contribution in [-0.4, -0.2) is 9.61 Å². The standard InChI is InChI=1S/C9H11N3/c1-7-2-3-9-4-8(5-10)11-12(9)6-7/h2-4,6H,5,10H2,1H3. The molecule has 0 bridgehead atoms. The van der Waals surface area contributed by atoms with E-state index in [1.165, 1.54) is 5.56 Å². The zero-order chi connectivity index (χ0) is 8.55. The van der Waals surface area contributed by atoms with Crippen LogP contribution in [0.5, 0.6) is 0 Å². The molecule has 12 heavy (non-hydrogen) atoms. The van der Waals surface area contributed by atoms with E-state index in [0.717, 1.165) is 11.2 Å². The highest BCUT2D eigenvalue weighted by Gasteiger charge is 1.98. The van der Waals surface area contributed by atoms with Crippen molar-refractivity contribution in [3.63, 3.8) is 0 Å². The summed E-state index contributed by atoms with van der Waals surface area (Å²) in [5.41, 5.74) is 8.71. The minimum absolute atomic E-state index is 0.501. The van der Waals surface area contributed by atoms with E-state index in [2.05, 4.69) is 11.2 Å². The Balaban J connectivity index is 2.67. The topological polar surface area (TPSA) is 43.3 Å². The van der Waals surface area contributed by atoms with E-state index >= 15 is 0 Å². The average Bonchev–Trinajstić information content (AvgIpc) is 2.46. The molecule has 0 saturated heterocycles. The summed E-state index contributed by atoms with van der Waals surface area (Å²) in [5, 5.41) is 4.28. The fraction of sp³-hybridized carbons (Fsp3) is 0.222. The van der Waals surface area contributed by atoms with Gasteiger partial charge in [-0.05, 0) is 24.6 Å². The molecule has 0 unspecified atom stereocenters. The molecular weight excluding hydrogens is 150 g/mol. The van der Waals surface area contributed by atoms with Crippen molar-refractivity contribution in [2.24, 2.45) is 5.73 Å². The van der Waals surface area contributed by atoms with Gasteiger partial charge in [-0.15, -0.1) is 0 Å². The maximum absolute atomic E-state index is 5.48. The van der Waals surface area contributed by atoms with Crippen LogP contribution >= 0.6 is 0 Å². The number of fused-ring (bicyclic) bond motifs is 1. The van der Waals surface area contributed by atoms with E-state index in [4.69, 9.17) is 5.73 Å². The number of hydrogen-bond donors (Lipinski definition) is 1. The highest BCUT2D eigenvalue weighted by Crippen LogP contribution is 2.07. The minimum atomic E-state index is 0.501. The first-order valence-corrected chi connectivity index (χ1v) is 3.94. The summed E-state index contributed by atoms with van der Waals surface area (Å²) in [6.45, 7) is 2.55. The molecule has 0 spiro atoms. The third-order valence-corrected chi connectivity index (χ3v) is 1.87. The van der Waals surface area contributed by atoms with Crippen molar-refractivity contribution in [1.82, 2.24) is 9.61 Å². The van der Waals surface area contributed by atoms with Gasteiger partial charge in [-0.3, -0.25) is 0 Å². The molecule has 3 nitrogen and oxygen atoms in total. The number of aryl methyl sites for hydroxylation is 1. The smallest absolute Gasteiger partial charge is 0.0770 e. The van der Waals surface area contributed by atoms with Gasteiger partial charge in [-0.1, -0.05) is 6.07 Å². The van der Waals surface area contributed by atoms with E-state index in [9.17, 15) is 0 Å². The SMILES string of the molecule is Cc1ccc2cc(CN)nn2c1. The molecule has 0 aromatic carbocycles. The van der Waals surface area contributed by atoms with Gasteiger partial charge >= 0.3 is 0 Å². The van der Waals surface area contributed by atoms with Crippen molar-refractivity contribution in [3.8, 4) is 0 Å². The highest BCUT2D eigenvalue weighted by molar-refractivity contribution is 5.48. The van der Waals surface area contributed by atoms with Gasteiger partial charge in [0.05, 0.1) is 11.2 Å². The zero-order valence-electron chi connectivity index (χ0n) is 6.99. The molecule has 0 saturated carbocycles. The fourth-order valence-corrected chi connectivity index (χ4v) is 1.24. The lowest BCUT2D eigenvalue weighted by atomic mass is 10.3. The molecule has 0 fully saturated rings. The van der Waals surface area contributed by atoms with Gasteiger partial charge in [-0.25, -0.2) is 4.52 Å². The number of nitrogens with zero attached hydrogens (tertiary/aromatic N) is 2. The maximum atomic E-state index is 5.48. The summed E-state index contributed by atoms with van der Waals surface area (Å²) in [5.74, 6) is 0. The van der Waals surface area contributed by atoms with Crippen molar-refractivity contribution >= 4 is 5.52 Å². The van der Waals surface area contributed by atoms with Crippen LogP contribution in [0.3, 0.4) is 0 Å². The minimum Gasteiger partial charge on any atom is -0.325 e. The van der Waals surface area contributed by atoms with Crippen LogP contribution in [0.4, 0.5) is 0 Å². The van der Waals surface area contributed by atoms with E-state index in [1.807, 2.05) is 29.8 Å². The van der Waals surface area contributed by atoms with E-state index < -0.39 is 0 Å². The van der Waals surface area contributed by atoms with Gasteiger partial charge < -0.3 is 5.73 Å². The van der Waals surface area contributed by atoms with Crippen LogP contribution in [0.1, 0.15) is 11.3 Å². The molecule has 2 aromatic rings. The predicted molar refractivity (Wildman–Crippen MR) is 47.8 cm³/mol. The van der Waals surface area contributed by atoms with Gasteiger partial charge in [0.2, 0.25) is 0 Å². The lowest BCUT2D eigenvalue weighted by Crippen LogP contribution is -1.97. The monoisotopic (exact) mass is 161 g/mol. The molecule has 62 valence electrons. The first-order valence-electron chi connectivity index (χ1n) is 3.94. The summed E-state index contributed by atoms with van der Waals surface area (Å²) in [6.07, 6.45) is 1.99. The second-order valence-electron chi connectivity index (χ2n) is 2.92. The lowest BCUT2D eigenvalue weighted by molar-refractivity contribution is 0.879. The molecule has 0 aliphatic rings. The van der Waals surface area contributed by atoms with Crippen molar-refractivity contribution in [1.29, 1.82) is 0 Å². The van der Waals surface area contributed by atoms with E-state index in [1.54, 1.807) is 0 Å². The number of rotatable bonds is 1. The van der Waals surface area contributed by atoms with Gasteiger partial charge in [0.25, 0.3) is 0 Å². The maximum Gasteiger partial charge on any atom is 0.0770 e. The fourth-order valence-electron chi connectivity index (χ4n) is 1.24. The van der Waals surface area contributed by atoms with Gasteiger partial charge in [0.15, 0.2) is 0 Å². The number of aromatic nitrogens is 2. The second kappa shape index (κ2) is 2.60. The number of hydrogen-bond acceptors (Lipinski definition) is 2. The van der Waals surface area contributed by atoms with Crippen molar-refractivity contribution in [2.45, 2.75) is 13.5 Å². The Morgan fingerprint density at radius 3 is 3.08 bits per heavy atom. The summed E-state index contributed by atoms with van der Waals surface area (Å²) in [4.78, 5) is 0. The van der Waals surface area contributed by atoms with Crippen molar-refractivity contribution in [2.75, 3.05) is 0 Å². The third-order valence-electron chi connectivity index (χ3n) is 1.87. The third kappa shape index (κ3) is 1.08. The Morgan fingerprint density at radius 1 is 1.50 bits per heavy atom. The number of nitrogens with two attached hydrogens (primary N) is 1. The van der Waals surface area contributed by atoms with Crippen LogP contribution < -0.4 is 5.73 Å². The van der Waals surface area contributed by atoms with Crippen molar-refractivity contribution in [3.05, 3.63) is 35.7 Å². The second-order valence-corrected chi connectivity index (χ2v) is 2.92. The Kier molecular flexibility index (Phi) is 1.59. The molecule has 0 atom stereocenters. The zero-order valence-corrected chi connectivity index (χ0v) is 6.99. The molecular formula is C9H11N3. The molecule has 0 radical (unpaired) electrons. The molecule has 0 amide bonds. The normalized spacial score (nSPS) is 10.8. The summed E-state index contributed by atoms with van der Waals surface area (Å²) >= 11 is 0. The van der Waals surface area contributed by atoms with E-state index in [-0.39, 0.29) is 0 Å². The van der Waals surface area contributed by atoms with Gasteiger partial charge in [-0.2, -0.15) is 5.10 Å². The highest BCUT2D eigenvalue weighted by atomic mass is 15.2. The molecule has 2 heterocycles. The summed E-state index contributed by atoms with van der Waals surface area (Å²) < 4.78 is 1.86. The molecule has 2 rings (SSSR count). The number of pyridine rings is 1. The molecule has 2 aromatic heterocycles. The van der Waals surface area contributed by atoms with Crippen LogP contribution in [0.25, 0.3) is 5.52 Å². The predicted octanol–water partition coefficient (Wildman–Crippen LogP) is 1.10. The van der Waals surface area contributed by atoms with Gasteiger partial charge in [0.1, 0.15) is 0 Å². The summed E-state index contributed by atoms with van der Waals surface area (Å²) in [6, 6.07) is 6.11. The van der Waals surface area contributed by atoms with E-state index in [0.29, 0.717) is 6.54 Å². The average molecular weight is 161 g/mol. The first kappa shape index (κ1) is 7.31. The van der Waals surface area contributed by atoms with Crippen LogP contribution in [0.15, 0.2) is 24.4 Å². The summed E-state index contributed by atoms with van der Waals surface area (Å²) in [7, 11) is 0. The quantitative estimate of drug-likeness (QED) is 0.680. The molecule has 2 N–H and O–H groups in total. The van der Waals surface area contributed by atoms with Crippen LogP contribution in [-0.2, 0) is 6.54 Å². The van der Waals surface area contributed by atoms with Crippen molar-refractivity contribution < 1.29 is 0 Å². The van der Waals surface area contributed by atoms with Crippen LogP contribution in [0, 0.1) is 6.92 Å². The Bertz CT molecular complexity index is 403. The molecule has 0 aliphatic carbocycles. The first-order chi connectivity index (χ1) is 5.79. The van der Waals surface area contributed by atoms with Gasteiger partial charge in [0, 0.05) is 12.7 Å².